The normalized spacial score (nSPS) is 16.2. The van der Waals surface area contributed by atoms with Crippen LogP contribution in [0.25, 0.3) is 5.65 Å². The molecule has 1 aliphatic heterocycles. The largest absolute Gasteiger partial charge is 0.491 e. The van der Waals surface area contributed by atoms with Crippen molar-refractivity contribution in [1.82, 2.24) is 19.9 Å². The van der Waals surface area contributed by atoms with Crippen LogP contribution in [0.5, 0.6) is 5.75 Å². The van der Waals surface area contributed by atoms with E-state index in [1.807, 2.05) is 32.0 Å². The molecule has 1 atom stereocenters. The highest BCUT2D eigenvalue weighted by Crippen LogP contribution is 2.27. The first-order valence-electron chi connectivity index (χ1n) is 11.6. The molecule has 1 unspecified atom stereocenters. The number of aromatic nitrogens is 3. The van der Waals surface area contributed by atoms with Gasteiger partial charge in [0.15, 0.2) is 5.65 Å². The van der Waals surface area contributed by atoms with Gasteiger partial charge in [0.25, 0.3) is 5.56 Å². The maximum atomic E-state index is 12.9. The summed E-state index contributed by atoms with van der Waals surface area (Å²) >= 11 is 0. The van der Waals surface area contributed by atoms with Crippen LogP contribution < -0.4 is 15.6 Å². The number of hydrogen-bond donors (Lipinski definition) is 2. The Morgan fingerprint density at radius 2 is 1.97 bits per heavy atom. The van der Waals surface area contributed by atoms with Gasteiger partial charge in [-0.15, -0.1) is 0 Å². The van der Waals surface area contributed by atoms with Gasteiger partial charge >= 0.3 is 0 Å². The predicted octanol–water partition coefficient (Wildman–Crippen LogP) is 4.19. The minimum Gasteiger partial charge on any atom is -0.491 e. The molecule has 0 amide bonds. The van der Waals surface area contributed by atoms with Gasteiger partial charge in [-0.2, -0.15) is 0 Å². The molecule has 1 aliphatic rings. The number of fused-ring (bicyclic) bond motifs is 1. The molecule has 4 rings (SSSR count). The molecule has 3 aromatic rings. The number of rotatable bonds is 8. The van der Waals surface area contributed by atoms with Gasteiger partial charge in [0.05, 0.1) is 17.8 Å². The van der Waals surface area contributed by atoms with E-state index in [0.29, 0.717) is 18.1 Å². The number of ether oxygens (including phenoxy) is 2. The molecule has 2 N–H and O–H groups in total. The van der Waals surface area contributed by atoms with Crippen LogP contribution in [0.3, 0.4) is 0 Å². The van der Waals surface area contributed by atoms with Gasteiger partial charge in [-0.3, -0.25) is 9.89 Å². The lowest BCUT2D eigenvalue weighted by Gasteiger charge is -2.22. The number of nitrogens with one attached hydrogen (secondary N) is 2. The Kier molecular flexibility index (Phi) is 6.96. The summed E-state index contributed by atoms with van der Waals surface area (Å²) in [6.45, 7) is 10.5. The molecular weight excluding hydrogens is 404 g/mol. The molecule has 7 heteroatoms. The van der Waals surface area contributed by atoms with Crippen molar-refractivity contribution < 1.29 is 9.47 Å². The van der Waals surface area contributed by atoms with Crippen molar-refractivity contribution in [3.8, 4) is 5.75 Å². The SMILES string of the molecule is CC(C)Oc1cccc(CNC(c2cc(=O)n3[nH]c(C4CCOCC4)cc3n2)C(C)C)c1. The van der Waals surface area contributed by atoms with Crippen molar-refractivity contribution >= 4 is 5.65 Å². The van der Waals surface area contributed by atoms with Crippen molar-refractivity contribution in [2.24, 2.45) is 5.92 Å². The van der Waals surface area contributed by atoms with Crippen molar-refractivity contribution in [3.05, 3.63) is 63.7 Å². The molecule has 0 spiro atoms. The summed E-state index contributed by atoms with van der Waals surface area (Å²) in [4.78, 5) is 17.7. The summed E-state index contributed by atoms with van der Waals surface area (Å²) in [5.74, 6) is 1.52. The molecule has 3 heterocycles. The fraction of sp³-hybridized carbons (Fsp3) is 0.520. The zero-order valence-corrected chi connectivity index (χ0v) is 19.4. The van der Waals surface area contributed by atoms with Gasteiger partial charge < -0.3 is 14.8 Å². The lowest BCUT2D eigenvalue weighted by Crippen LogP contribution is -2.28. The van der Waals surface area contributed by atoms with E-state index in [1.54, 1.807) is 10.6 Å². The Hall–Kier alpha value is -2.64. The lowest BCUT2D eigenvalue weighted by molar-refractivity contribution is 0.0844. The Morgan fingerprint density at radius 1 is 1.19 bits per heavy atom. The summed E-state index contributed by atoms with van der Waals surface area (Å²) < 4.78 is 12.8. The highest BCUT2D eigenvalue weighted by atomic mass is 16.5. The van der Waals surface area contributed by atoms with Gasteiger partial charge in [0.1, 0.15) is 5.75 Å². The van der Waals surface area contributed by atoms with E-state index in [4.69, 9.17) is 14.5 Å². The summed E-state index contributed by atoms with van der Waals surface area (Å²) in [6, 6.07) is 11.7. The van der Waals surface area contributed by atoms with E-state index >= 15 is 0 Å². The maximum absolute atomic E-state index is 12.9. The summed E-state index contributed by atoms with van der Waals surface area (Å²) in [7, 11) is 0. The molecule has 0 aliphatic carbocycles. The molecule has 1 saturated heterocycles. The number of nitrogens with zero attached hydrogens (tertiary/aromatic N) is 2. The topological polar surface area (TPSA) is 80.6 Å². The zero-order valence-electron chi connectivity index (χ0n) is 19.4. The third-order valence-electron chi connectivity index (χ3n) is 5.93. The smallest absolute Gasteiger partial charge is 0.272 e. The third-order valence-corrected chi connectivity index (χ3v) is 5.93. The van der Waals surface area contributed by atoms with E-state index in [0.717, 1.165) is 48.8 Å². The third kappa shape index (κ3) is 5.22. The first-order chi connectivity index (χ1) is 15.4. The molecule has 1 aromatic carbocycles. The van der Waals surface area contributed by atoms with Crippen molar-refractivity contribution in [2.75, 3.05) is 13.2 Å². The van der Waals surface area contributed by atoms with E-state index < -0.39 is 0 Å². The average Bonchev–Trinajstić information content (AvgIpc) is 3.19. The molecular formula is C25H34N4O3. The van der Waals surface area contributed by atoms with Crippen molar-refractivity contribution in [3.63, 3.8) is 0 Å². The van der Waals surface area contributed by atoms with Gasteiger partial charge in [-0.1, -0.05) is 26.0 Å². The summed E-state index contributed by atoms with van der Waals surface area (Å²) in [5.41, 5.74) is 3.56. The standard InChI is InChI=1S/C25H34N4O3/c1-16(2)25(26-15-18-6-5-7-20(12-18)32-17(3)4)22-14-24(30)29-23(27-22)13-21(28-29)19-8-10-31-11-9-19/h5-7,12-14,16-17,19,25-26,28H,8-11,15H2,1-4H3. The minimum absolute atomic E-state index is 0.0381. The second-order valence-corrected chi connectivity index (χ2v) is 9.23. The lowest BCUT2D eigenvalue weighted by atomic mass is 9.97. The van der Waals surface area contributed by atoms with Gasteiger partial charge in [0.2, 0.25) is 0 Å². The van der Waals surface area contributed by atoms with Gasteiger partial charge in [0, 0.05) is 43.5 Å². The molecule has 0 saturated carbocycles. The van der Waals surface area contributed by atoms with Crippen molar-refractivity contribution in [1.29, 1.82) is 0 Å². The molecule has 0 radical (unpaired) electrons. The predicted molar refractivity (Wildman–Crippen MR) is 125 cm³/mol. The number of benzene rings is 1. The molecule has 0 bridgehead atoms. The number of hydrogen-bond acceptors (Lipinski definition) is 5. The molecule has 172 valence electrons. The minimum atomic E-state index is -0.0805. The highest BCUT2D eigenvalue weighted by Gasteiger charge is 2.22. The van der Waals surface area contributed by atoms with Crippen LogP contribution in [0.15, 0.2) is 41.2 Å². The van der Waals surface area contributed by atoms with Gasteiger partial charge in [-0.25, -0.2) is 9.50 Å². The van der Waals surface area contributed by atoms with Crippen LogP contribution in [0.4, 0.5) is 0 Å². The van der Waals surface area contributed by atoms with Crippen LogP contribution in [0.2, 0.25) is 0 Å². The maximum Gasteiger partial charge on any atom is 0.272 e. The first kappa shape index (κ1) is 22.6. The Labute approximate surface area is 189 Å². The highest BCUT2D eigenvalue weighted by molar-refractivity contribution is 5.41. The van der Waals surface area contributed by atoms with E-state index in [9.17, 15) is 4.79 Å². The first-order valence-corrected chi connectivity index (χ1v) is 11.6. The summed E-state index contributed by atoms with van der Waals surface area (Å²) in [6.07, 6.45) is 2.06. The number of aromatic amines is 1. The summed E-state index contributed by atoms with van der Waals surface area (Å²) in [5, 5.41) is 6.86. The average molecular weight is 439 g/mol. The molecule has 1 fully saturated rings. The van der Waals surface area contributed by atoms with E-state index in [-0.39, 0.29) is 23.6 Å². The second-order valence-electron chi connectivity index (χ2n) is 9.23. The monoisotopic (exact) mass is 438 g/mol. The van der Waals surface area contributed by atoms with Crippen LogP contribution in [0, 0.1) is 5.92 Å². The Balaban J connectivity index is 1.55. The number of H-pyrrole nitrogens is 1. The molecule has 7 nitrogen and oxygen atoms in total. The fourth-order valence-electron chi connectivity index (χ4n) is 4.32. The van der Waals surface area contributed by atoms with Crippen molar-refractivity contribution in [2.45, 2.75) is 65.1 Å². The van der Waals surface area contributed by atoms with Crippen LogP contribution in [-0.2, 0) is 11.3 Å². The van der Waals surface area contributed by atoms with E-state index in [1.165, 1.54) is 0 Å². The van der Waals surface area contributed by atoms with Crippen LogP contribution in [-0.4, -0.2) is 33.9 Å². The molecule has 32 heavy (non-hydrogen) atoms. The zero-order chi connectivity index (χ0) is 22.7. The quantitative estimate of drug-likeness (QED) is 0.551. The van der Waals surface area contributed by atoms with E-state index in [2.05, 4.69) is 36.4 Å². The van der Waals surface area contributed by atoms with Crippen LogP contribution >= 0.6 is 0 Å². The fourth-order valence-corrected chi connectivity index (χ4v) is 4.32. The Morgan fingerprint density at radius 3 is 2.69 bits per heavy atom. The Bertz CT molecular complexity index is 1100. The van der Waals surface area contributed by atoms with Crippen LogP contribution in [0.1, 0.15) is 69.4 Å². The molecule has 2 aromatic heterocycles. The van der Waals surface area contributed by atoms with Gasteiger partial charge in [-0.05, 0) is 50.3 Å². The second kappa shape index (κ2) is 9.88.